The van der Waals surface area contributed by atoms with E-state index in [1.807, 2.05) is 4.90 Å². The minimum Gasteiger partial charge on any atom is -0.354 e. The first-order valence-corrected chi connectivity index (χ1v) is 6.65. The van der Waals surface area contributed by atoms with Crippen LogP contribution in [0.3, 0.4) is 0 Å². The molecule has 2 rings (SSSR count). The number of hydrogen-bond acceptors (Lipinski definition) is 2. The zero-order chi connectivity index (χ0) is 11.5. The second-order valence-corrected chi connectivity index (χ2v) is 5.27. The highest BCUT2D eigenvalue weighted by Crippen LogP contribution is 2.25. The standard InChI is InChI=1S/C11H13BrClFN2/c12-9-5-10(14)11(15-7-9)16-3-1-8(6-13)2-4-16/h5,7-8H,1-4,6H2. The van der Waals surface area contributed by atoms with Crippen LogP contribution in [0.4, 0.5) is 10.2 Å². The molecule has 0 spiro atoms. The Kier molecular flexibility index (Phi) is 4.03. The third-order valence-electron chi connectivity index (χ3n) is 2.92. The fourth-order valence-corrected chi connectivity index (χ4v) is 2.55. The lowest BCUT2D eigenvalue weighted by atomic mass is 9.99. The molecular formula is C11H13BrClFN2. The van der Waals surface area contributed by atoms with Crippen molar-refractivity contribution < 1.29 is 4.39 Å². The number of alkyl halides is 1. The van der Waals surface area contributed by atoms with E-state index in [9.17, 15) is 4.39 Å². The lowest BCUT2D eigenvalue weighted by Crippen LogP contribution is -2.35. The number of anilines is 1. The van der Waals surface area contributed by atoms with Crippen LogP contribution in [0.25, 0.3) is 0 Å². The summed E-state index contributed by atoms with van der Waals surface area (Å²) in [7, 11) is 0. The predicted octanol–water partition coefficient (Wildman–Crippen LogP) is 3.44. The summed E-state index contributed by atoms with van der Waals surface area (Å²) in [5.74, 6) is 1.45. The molecule has 1 fully saturated rings. The summed E-state index contributed by atoms with van der Waals surface area (Å²) in [5.41, 5.74) is 0. The fraction of sp³-hybridized carbons (Fsp3) is 0.545. The molecule has 2 heterocycles. The van der Waals surface area contributed by atoms with Gasteiger partial charge in [-0.25, -0.2) is 9.37 Å². The highest BCUT2D eigenvalue weighted by Gasteiger charge is 2.21. The molecule has 1 saturated heterocycles. The molecule has 0 radical (unpaired) electrons. The van der Waals surface area contributed by atoms with E-state index in [-0.39, 0.29) is 5.82 Å². The van der Waals surface area contributed by atoms with Gasteiger partial charge in [0.1, 0.15) is 0 Å². The summed E-state index contributed by atoms with van der Waals surface area (Å²) in [4.78, 5) is 6.11. The highest BCUT2D eigenvalue weighted by molar-refractivity contribution is 9.10. The van der Waals surface area contributed by atoms with Crippen LogP contribution >= 0.6 is 27.5 Å². The quantitative estimate of drug-likeness (QED) is 0.778. The molecule has 0 saturated carbocycles. The number of aromatic nitrogens is 1. The van der Waals surface area contributed by atoms with Crippen LogP contribution in [0.1, 0.15) is 12.8 Å². The van der Waals surface area contributed by atoms with Crippen LogP contribution in [0.15, 0.2) is 16.7 Å². The van der Waals surface area contributed by atoms with Crippen molar-refractivity contribution >= 4 is 33.3 Å². The van der Waals surface area contributed by atoms with Gasteiger partial charge in [0, 0.05) is 29.6 Å². The molecule has 0 aromatic carbocycles. The van der Waals surface area contributed by atoms with E-state index in [2.05, 4.69) is 20.9 Å². The normalized spacial score (nSPS) is 17.8. The number of nitrogens with zero attached hydrogens (tertiary/aromatic N) is 2. The monoisotopic (exact) mass is 306 g/mol. The van der Waals surface area contributed by atoms with Crippen molar-refractivity contribution in [1.29, 1.82) is 0 Å². The van der Waals surface area contributed by atoms with Gasteiger partial charge < -0.3 is 4.90 Å². The average molecular weight is 308 g/mol. The zero-order valence-electron chi connectivity index (χ0n) is 8.80. The van der Waals surface area contributed by atoms with Crippen molar-refractivity contribution in [3.63, 3.8) is 0 Å². The summed E-state index contributed by atoms with van der Waals surface area (Å²) < 4.78 is 14.3. The Morgan fingerprint density at radius 3 is 2.75 bits per heavy atom. The second-order valence-electron chi connectivity index (χ2n) is 4.04. The van der Waals surface area contributed by atoms with Gasteiger partial charge in [-0.2, -0.15) is 0 Å². The van der Waals surface area contributed by atoms with Crippen LogP contribution in [0.5, 0.6) is 0 Å². The van der Waals surface area contributed by atoms with E-state index < -0.39 is 0 Å². The van der Waals surface area contributed by atoms with Gasteiger partial charge >= 0.3 is 0 Å². The molecule has 0 unspecified atom stereocenters. The Balaban J connectivity index is 2.08. The Labute approximate surface area is 108 Å². The molecule has 5 heteroatoms. The van der Waals surface area contributed by atoms with E-state index >= 15 is 0 Å². The van der Waals surface area contributed by atoms with Crippen molar-refractivity contribution in [1.82, 2.24) is 4.98 Å². The highest BCUT2D eigenvalue weighted by atomic mass is 79.9. The van der Waals surface area contributed by atoms with Gasteiger partial charge in [0.25, 0.3) is 0 Å². The number of rotatable bonds is 2. The molecule has 1 aliphatic rings. The first kappa shape index (κ1) is 12.1. The number of piperidine rings is 1. The molecular weight excluding hydrogens is 294 g/mol. The van der Waals surface area contributed by atoms with Crippen LogP contribution in [-0.2, 0) is 0 Å². The first-order chi connectivity index (χ1) is 7.70. The predicted molar refractivity (Wildman–Crippen MR) is 67.6 cm³/mol. The van der Waals surface area contributed by atoms with Gasteiger partial charge in [0.2, 0.25) is 0 Å². The summed E-state index contributed by atoms with van der Waals surface area (Å²) in [5, 5.41) is 0. The smallest absolute Gasteiger partial charge is 0.166 e. The number of halogens is 3. The van der Waals surface area contributed by atoms with Crippen molar-refractivity contribution in [3.05, 3.63) is 22.6 Å². The first-order valence-electron chi connectivity index (χ1n) is 5.32. The summed E-state index contributed by atoms with van der Waals surface area (Å²) in [6.07, 6.45) is 3.66. The Morgan fingerprint density at radius 1 is 1.50 bits per heavy atom. The molecule has 0 N–H and O–H groups in total. The molecule has 0 atom stereocenters. The van der Waals surface area contributed by atoms with E-state index in [1.54, 1.807) is 6.20 Å². The maximum absolute atomic E-state index is 13.7. The van der Waals surface area contributed by atoms with Crippen LogP contribution in [-0.4, -0.2) is 24.0 Å². The SMILES string of the molecule is Fc1cc(Br)cnc1N1CCC(CCl)CC1. The van der Waals surface area contributed by atoms with Gasteiger partial charge in [-0.15, -0.1) is 11.6 Å². The molecule has 1 aromatic rings. The van der Waals surface area contributed by atoms with Crippen molar-refractivity contribution in [2.24, 2.45) is 5.92 Å². The van der Waals surface area contributed by atoms with Crippen molar-refractivity contribution in [2.45, 2.75) is 12.8 Å². The summed E-state index contributed by atoms with van der Waals surface area (Å²) in [6, 6.07) is 1.45. The van der Waals surface area contributed by atoms with Gasteiger partial charge in [0.15, 0.2) is 11.6 Å². The molecule has 0 bridgehead atoms. The van der Waals surface area contributed by atoms with Gasteiger partial charge in [0.05, 0.1) is 0 Å². The lowest BCUT2D eigenvalue weighted by molar-refractivity contribution is 0.436. The van der Waals surface area contributed by atoms with Gasteiger partial charge in [-0.3, -0.25) is 0 Å². The van der Waals surface area contributed by atoms with E-state index in [0.29, 0.717) is 22.1 Å². The molecule has 0 amide bonds. The second kappa shape index (κ2) is 5.32. The zero-order valence-corrected chi connectivity index (χ0v) is 11.1. The van der Waals surface area contributed by atoms with Crippen LogP contribution in [0, 0.1) is 11.7 Å². The largest absolute Gasteiger partial charge is 0.354 e. The van der Waals surface area contributed by atoms with Crippen molar-refractivity contribution in [2.75, 3.05) is 23.9 Å². The lowest BCUT2D eigenvalue weighted by Gasteiger charge is -2.32. The molecule has 0 aliphatic carbocycles. The van der Waals surface area contributed by atoms with E-state index in [0.717, 1.165) is 25.9 Å². The molecule has 1 aromatic heterocycles. The minimum atomic E-state index is -0.265. The third-order valence-corrected chi connectivity index (χ3v) is 3.79. The van der Waals surface area contributed by atoms with Crippen LogP contribution < -0.4 is 4.90 Å². The molecule has 1 aliphatic heterocycles. The maximum atomic E-state index is 13.7. The van der Waals surface area contributed by atoms with Gasteiger partial charge in [-0.05, 0) is 40.8 Å². The Bertz CT molecular complexity index is 367. The number of pyridine rings is 1. The maximum Gasteiger partial charge on any atom is 0.166 e. The fourth-order valence-electron chi connectivity index (χ4n) is 1.94. The molecule has 16 heavy (non-hydrogen) atoms. The molecule has 2 nitrogen and oxygen atoms in total. The Hall–Kier alpha value is -0.350. The van der Waals surface area contributed by atoms with E-state index in [4.69, 9.17) is 11.6 Å². The minimum absolute atomic E-state index is 0.265. The molecule has 88 valence electrons. The number of hydrogen-bond donors (Lipinski definition) is 0. The summed E-state index contributed by atoms with van der Waals surface area (Å²) >= 11 is 9.01. The third kappa shape index (κ3) is 2.66. The van der Waals surface area contributed by atoms with Crippen LogP contribution in [0.2, 0.25) is 0 Å². The average Bonchev–Trinajstić information content (AvgIpc) is 2.29. The Morgan fingerprint density at radius 2 is 2.19 bits per heavy atom. The van der Waals surface area contributed by atoms with E-state index in [1.165, 1.54) is 6.07 Å². The topological polar surface area (TPSA) is 16.1 Å². The van der Waals surface area contributed by atoms with Crippen molar-refractivity contribution in [3.8, 4) is 0 Å². The van der Waals surface area contributed by atoms with Gasteiger partial charge in [-0.1, -0.05) is 0 Å². The summed E-state index contributed by atoms with van der Waals surface area (Å²) in [6.45, 7) is 1.67.